The van der Waals surface area contributed by atoms with E-state index in [1.807, 2.05) is 23.9 Å². The molecule has 1 aromatic carbocycles. The first-order chi connectivity index (χ1) is 10.3. The van der Waals surface area contributed by atoms with Gasteiger partial charge in [-0.3, -0.25) is 9.69 Å². The van der Waals surface area contributed by atoms with Gasteiger partial charge < -0.3 is 10.6 Å². The van der Waals surface area contributed by atoms with E-state index in [9.17, 15) is 4.79 Å². The molecule has 4 nitrogen and oxygen atoms in total. The topological polar surface area (TPSA) is 44.4 Å². The molecule has 22 heavy (non-hydrogen) atoms. The summed E-state index contributed by atoms with van der Waals surface area (Å²) in [5.74, 6) is 2.55. The molecule has 122 valence electrons. The Morgan fingerprint density at radius 2 is 2.18 bits per heavy atom. The molecule has 0 bridgehead atoms. The molecule has 0 aromatic heterocycles. The van der Waals surface area contributed by atoms with Gasteiger partial charge in [0.05, 0.1) is 6.04 Å². The van der Waals surface area contributed by atoms with Gasteiger partial charge in [0.2, 0.25) is 5.91 Å². The maximum absolute atomic E-state index is 12.1. The largest absolute Gasteiger partial charge is 0.325 e. The van der Waals surface area contributed by atoms with Gasteiger partial charge >= 0.3 is 0 Å². The van der Waals surface area contributed by atoms with Gasteiger partial charge in [0.25, 0.3) is 0 Å². The van der Waals surface area contributed by atoms with Crippen LogP contribution in [-0.4, -0.2) is 48.0 Å². The average molecular weight is 342 g/mol. The monoisotopic (exact) mass is 341 g/mol. The number of anilines is 1. The van der Waals surface area contributed by atoms with Crippen molar-refractivity contribution in [1.82, 2.24) is 10.2 Å². The summed E-state index contributed by atoms with van der Waals surface area (Å²) in [6.07, 6.45) is 2.03. The van der Waals surface area contributed by atoms with Crippen molar-refractivity contribution in [2.75, 3.05) is 36.5 Å². The fourth-order valence-electron chi connectivity index (χ4n) is 2.90. The second-order valence-electron chi connectivity index (χ2n) is 5.73. The molecule has 0 spiro atoms. The van der Waals surface area contributed by atoms with Crippen LogP contribution in [0.4, 0.5) is 5.69 Å². The fourth-order valence-corrected chi connectivity index (χ4v) is 3.88. The summed E-state index contributed by atoms with van der Waals surface area (Å²) in [6.45, 7) is 4.25. The van der Waals surface area contributed by atoms with E-state index < -0.39 is 0 Å². The van der Waals surface area contributed by atoms with Crippen LogP contribution in [-0.2, 0) is 11.3 Å². The third-order valence-electron chi connectivity index (χ3n) is 4.08. The van der Waals surface area contributed by atoms with E-state index in [0.29, 0.717) is 0 Å². The lowest BCUT2D eigenvalue weighted by Crippen LogP contribution is -2.35. The average Bonchev–Trinajstić information content (AvgIpc) is 3.03. The van der Waals surface area contributed by atoms with E-state index in [-0.39, 0.29) is 24.4 Å². The van der Waals surface area contributed by atoms with Crippen molar-refractivity contribution in [2.24, 2.45) is 0 Å². The molecule has 2 aliphatic heterocycles. The van der Waals surface area contributed by atoms with E-state index >= 15 is 0 Å². The molecule has 1 amide bonds. The van der Waals surface area contributed by atoms with Crippen LogP contribution in [0.3, 0.4) is 0 Å². The lowest BCUT2D eigenvalue weighted by molar-refractivity contribution is -0.117. The number of amides is 1. The summed E-state index contributed by atoms with van der Waals surface area (Å²) in [7, 11) is 0. The van der Waals surface area contributed by atoms with Gasteiger partial charge in [0.1, 0.15) is 0 Å². The van der Waals surface area contributed by atoms with Crippen molar-refractivity contribution in [2.45, 2.75) is 25.4 Å². The summed E-state index contributed by atoms with van der Waals surface area (Å²) >= 11 is 2.03. The first-order valence-corrected chi connectivity index (χ1v) is 8.90. The second kappa shape index (κ2) is 8.77. The Kier molecular flexibility index (Phi) is 7.02. The van der Waals surface area contributed by atoms with Crippen LogP contribution >= 0.6 is 24.2 Å². The van der Waals surface area contributed by atoms with Crippen LogP contribution < -0.4 is 10.6 Å². The lowest BCUT2D eigenvalue weighted by Gasteiger charge is -2.26. The summed E-state index contributed by atoms with van der Waals surface area (Å²) in [4.78, 5) is 14.6. The lowest BCUT2D eigenvalue weighted by atomic mass is 10.1. The number of thioether (sulfide) groups is 1. The molecule has 2 fully saturated rings. The summed E-state index contributed by atoms with van der Waals surface area (Å²) < 4.78 is 0. The van der Waals surface area contributed by atoms with Crippen LogP contribution in [0.25, 0.3) is 0 Å². The highest BCUT2D eigenvalue weighted by Crippen LogP contribution is 2.17. The van der Waals surface area contributed by atoms with Crippen LogP contribution in [0.1, 0.15) is 18.4 Å². The van der Waals surface area contributed by atoms with E-state index in [4.69, 9.17) is 0 Å². The van der Waals surface area contributed by atoms with Gasteiger partial charge in [0.15, 0.2) is 0 Å². The highest BCUT2D eigenvalue weighted by atomic mass is 35.5. The van der Waals surface area contributed by atoms with E-state index in [2.05, 4.69) is 27.7 Å². The molecule has 0 radical (unpaired) electrons. The number of rotatable bonds is 4. The normalized spacial score (nSPS) is 22.1. The van der Waals surface area contributed by atoms with E-state index in [1.165, 1.54) is 17.1 Å². The van der Waals surface area contributed by atoms with Crippen LogP contribution in [0, 0.1) is 0 Å². The molecule has 6 heteroatoms. The molecule has 2 aliphatic rings. The smallest absolute Gasteiger partial charge is 0.241 e. The molecule has 2 heterocycles. The minimum absolute atomic E-state index is 0. The molecule has 2 N–H and O–H groups in total. The molecule has 1 unspecified atom stereocenters. The van der Waals surface area contributed by atoms with E-state index in [1.54, 1.807) is 0 Å². The molecule has 1 aromatic rings. The van der Waals surface area contributed by atoms with Crippen molar-refractivity contribution in [3.05, 3.63) is 29.8 Å². The maximum Gasteiger partial charge on any atom is 0.241 e. The van der Waals surface area contributed by atoms with Crippen molar-refractivity contribution in [3.8, 4) is 0 Å². The first-order valence-electron chi connectivity index (χ1n) is 7.74. The molecule has 3 rings (SSSR count). The molecule has 2 saturated heterocycles. The predicted molar refractivity (Wildman–Crippen MR) is 95.9 cm³/mol. The molecular weight excluding hydrogens is 318 g/mol. The molecule has 1 atom stereocenters. The van der Waals surface area contributed by atoms with Crippen molar-refractivity contribution in [1.29, 1.82) is 0 Å². The minimum atomic E-state index is -0.0206. The quantitative estimate of drug-likeness (QED) is 0.882. The molecule has 0 saturated carbocycles. The van der Waals surface area contributed by atoms with Gasteiger partial charge in [0, 0.05) is 36.8 Å². The number of carbonyl (C=O) groups is 1. The van der Waals surface area contributed by atoms with Crippen LogP contribution in [0.15, 0.2) is 24.3 Å². The Labute approximate surface area is 142 Å². The number of nitrogens with zero attached hydrogens (tertiary/aromatic N) is 1. The van der Waals surface area contributed by atoms with Gasteiger partial charge in [-0.1, -0.05) is 12.1 Å². The summed E-state index contributed by atoms with van der Waals surface area (Å²) in [5.41, 5.74) is 2.19. The zero-order valence-electron chi connectivity index (χ0n) is 12.7. The van der Waals surface area contributed by atoms with E-state index in [0.717, 1.165) is 44.7 Å². The Morgan fingerprint density at radius 3 is 2.91 bits per heavy atom. The van der Waals surface area contributed by atoms with Gasteiger partial charge in [-0.15, -0.1) is 12.4 Å². The standard InChI is InChI=1S/C16H23N3OS.ClH/c20-16(15-5-2-6-17-15)18-14-4-1-3-13(11-14)12-19-7-9-21-10-8-19;/h1,3-4,11,15,17H,2,5-10,12H2,(H,18,20);1H. The summed E-state index contributed by atoms with van der Waals surface area (Å²) in [5, 5.41) is 6.27. The zero-order valence-corrected chi connectivity index (χ0v) is 14.3. The maximum atomic E-state index is 12.1. The highest BCUT2D eigenvalue weighted by molar-refractivity contribution is 7.99. The summed E-state index contributed by atoms with van der Waals surface area (Å²) in [6, 6.07) is 8.24. The molecule has 0 aliphatic carbocycles. The number of hydrogen-bond acceptors (Lipinski definition) is 4. The highest BCUT2D eigenvalue weighted by Gasteiger charge is 2.21. The second-order valence-corrected chi connectivity index (χ2v) is 6.95. The van der Waals surface area contributed by atoms with Crippen LogP contribution in [0.2, 0.25) is 0 Å². The predicted octanol–water partition coefficient (Wildman–Crippen LogP) is 2.35. The zero-order chi connectivity index (χ0) is 14.5. The van der Waals surface area contributed by atoms with Crippen LogP contribution in [0.5, 0.6) is 0 Å². The van der Waals surface area contributed by atoms with Gasteiger partial charge in [-0.2, -0.15) is 11.8 Å². The SMILES string of the molecule is Cl.O=C(Nc1cccc(CN2CCSCC2)c1)C1CCCN1. The Hall–Kier alpha value is -0.750. The van der Waals surface area contributed by atoms with Gasteiger partial charge in [-0.05, 0) is 37.1 Å². The van der Waals surface area contributed by atoms with Crippen molar-refractivity contribution in [3.63, 3.8) is 0 Å². The Balaban J connectivity index is 0.00000176. The van der Waals surface area contributed by atoms with Crippen molar-refractivity contribution >= 4 is 35.8 Å². The number of benzene rings is 1. The Morgan fingerprint density at radius 1 is 1.36 bits per heavy atom. The first kappa shape index (κ1) is 17.6. The number of hydrogen-bond donors (Lipinski definition) is 2. The number of nitrogens with one attached hydrogen (secondary N) is 2. The van der Waals surface area contributed by atoms with Crippen molar-refractivity contribution < 1.29 is 4.79 Å². The molecular formula is C16H24ClN3OS. The number of halogens is 1. The number of carbonyl (C=O) groups excluding carboxylic acids is 1. The fraction of sp³-hybridized carbons (Fsp3) is 0.562. The third kappa shape index (κ3) is 4.88. The minimum Gasteiger partial charge on any atom is -0.325 e. The third-order valence-corrected chi connectivity index (χ3v) is 5.02. The van der Waals surface area contributed by atoms with Gasteiger partial charge in [-0.25, -0.2) is 0 Å². The Bertz CT molecular complexity index is 488.